The maximum Gasteiger partial charge on any atom is 0.112 e. The molecule has 0 aromatic carbocycles. The van der Waals surface area contributed by atoms with E-state index in [0.29, 0.717) is 5.92 Å². The van der Waals surface area contributed by atoms with Gasteiger partial charge in [-0.15, -0.1) is 0 Å². The Morgan fingerprint density at radius 2 is 2.17 bits per heavy atom. The molecular weight excluding hydrogens is 224 g/mol. The summed E-state index contributed by atoms with van der Waals surface area (Å²) in [7, 11) is 0. The average molecular weight is 250 g/mol. The van der Waals surface area contributed by atoms with E-state index in [2.05, 4.69) is 35.0 Å². The number of hydrogen-bond donors (Lipinski definition) is 1. The molecular formula is C14H26N4. The lowest BCUT2D eigenvalue weighted by Crippen LogP contribution is -2.56. The molecule has 2 bridgehead atoms. The molecule has 2 rings (SSSR count). The van der Waals surface area contributed by atoms with Crippen molar-refractivity contribution >= 4 is 0 Å². The van der Waals surface area contributed by atoms with Gasteiger partial charge in [-0.3, -0.25) is 5.32 Å². The zero-order valence-corrected chi connectivity index (χ0v) is 11.8. The molecule has 0 spiro atoms. The van der Waals surface area contributed by atoms with Gasteiger partial charge in [0.15, 0.2) is 0 Å². The molecule has 1 N–H and O–H groups in total. The number of nitriles is 1. The molecule has 102 valence electrons. The van der Waals surface area contributed by atoms with Gasteiger partial charge in [0, 0.05) is 32.1 Å². The van der Waals surface area contributed by atoms with Crippen molar-refractivity contribution in [3.63, 3.8) is 0 Å². The van der Waals surface area contributed by atoms with Gasteiger partial charge in [-0.05, 0) is 32.5 Å². The van der Waals surface area contributed by atoms with Crippen molar-refractivity contribution in [1.29, 1.82) is 5.26 Å². The first kappa shape index (κ1) is 13.8. The first-order chi connectivity index (χ1) is 8.74. The highest BCUT2D eigenvalue weighted by molar-refractivity contribution is 5.15. The fourth-order valence-corrected chi connectivity index (χ4v) is 3.37. The van der Waals surface area contributed by atoms with Gasteiger partial charge in [0.05, 0.1) is 6.07 Å². The molecule has 2 heterocycles. The number of rotatable bonds is 6. The number of fused-ring (bicyclic) bond motifs is 2. The Labute approximate surface area is 111 Å². The minimum absolute atomic E-state index is 0.250. The third-order valence-electron chi connectivity index (χ3n) is 4.75. The van der Waals surface area contributed by atoms with E-state index < -0.39 is 0 Å². The molecule has 0 aliphatic carbocycles. The molecule has 18 heavy (non-hydrogen) atoms. The van der Waals surface area contributed by atoms with E-state index in [1.54, 1.807) is 0 Å². The molecule has 2 fully saturated rings. The maximum absolute atomic E-state index is 9.60. The minimum Gasteiger partial charge on any atom is -0.303 e. The molecule has 2 aliphatic rings. The Morgan fingerprint density at radius 1 is 1.39 bits per heavy atom. The second-order valence-corrected chi connectivity index (χ2v) is 5.57. The summed E-state index contributed by atoms with van der Waals surface area (Å²) in [6.07, 6.45) is 2.18. The summed E-state index contributed by atoms with van der Waals surface area (Å²) in [6, 6.07) is 2.60. The summed E-state index contributed by atoms with van der Waals surface area (Å²) >= 11 is 0. The van der Waals surface area contributed by atoms with Crippen LogP contribution in [0.15, 0.2) is 0 Å². The molecule has 0 saturated carbocycles. The van der Waals surface area contributed by atoms with Crippen LogP contribution < -0.4 is 5.32 Å². The lowest BCUT2D eigenvalue weighted by atomic mass is 9.80. The lowest BCUT2D eigenvalue weighted by Gasteiger charge is -2.38. The summed E-state index contributed by atoms with van der Waals surface area (Å²) in [4.78, 5) is 4.90. The van der Waals surface area contributed by atoms with Crippen LogP contribution in [0.4, 0.5) is 0 Å². The Kier molecular flexibility index (Phi) is 4.60. The zero-order chi connectivity index (χ0) is 13.0. The predicted octanol–water partition coefficient (Wildman–Crippen LogP) is 0.906. The quantitative estimate of drug-likeness (QED) is 0.761. The van der Waals surface area contributed by atoms with Gasteiger partial charge in [0.1, 0.15) is 5.54 Å². The Bertz CT molecular complexity index is 307. The molecule has 0 aromatic rings. The van der Waals surface area contributed by atoms with Gasteiger partial charge >= 0.3 is 0 Å². The first-order valence-electron chi connectivity index (χ1n) is 7.35. The van der Waals surface area contributed by atoms with Gasteiger partial charge in [0.2, 0.25) is 0 Å². The Morgan fingerprint density at radius 3 is 2.83 bits per heavy atom. The van der Waals surface area contributed by atoms with Gasteiger partial charge in [-0.2, -0.15) is 5.26 Å². The second-order valence-electron chi connectivity index (χ2n) is 5.57. The Balaban J connectivity index is 1.87. The minimum atomic E-state index is -0.250. The fourth-order valence-electron chi connectivity index (χ4n) is 3.37. The zero-order valence-electron chi connectivity index (χ0n) is 11.8. The topological polar surface area (TPSA) is 42.3 Å². The van der Waals surface area contributed by atoms with Crippen molar-refractivity contribution in [2.24, 2.45) is 5.92 Å². The molecule has 0 amide bonds. The second kappa shape index (κ2) is 6.01. The van der Waals surface area contributed by atoms with E-state index in [4.69, 9.17) is 0 Å². The normalized spacial score (nSPS) is 34.8. The Hall–Kier alpha value is -0.630. The summed E-state index contributed by atoms with van der Waals surface area (Å²) < 4.78 is 0. The van der Waals surface area contributed by atoms with Crippen molar-refractivity contribution in [3.05, 3.63) is 0 Å². The number of nitrogens with one attached hydrogen (secondary N) is 1. The molecule has 2 saturated heterocycles. The molecule has 0 radical (unpaired) electrons. The maximum atomic E-state index is 9.60. The summed E-state index contributed by atoms with van der Waals surface area (Å²) in [5.41, 5.74) is -0.250. The number of likely N-dealkylation sites (N-methyl/N-ethyl adjacent to an activating group) is 1. The van der Waals surface area contributed by atoms with Crippen molar-refractivity contribution in [2.75, 3.05) is 45.8 Å². The highest BCUT2D eigenvalue weighted by Crippen LogP contribution is 2.35. The molecule has 4 heteroatoms. The fraction of sp³-hybridized carbons (Fsp3) is 0.929. The van der Waals surface area contributed by atoms with Crippen LogP contribution in [0, 0.1) is 17.2 Å². The van der Waals surface area contributed by atoms with Crippen molar-refractivity contribution in [1.82, 2.24) is 15.1 Å². The predicted molar refractivity (Wildman–Crippen MR) is 73.3 cm³/mol. The van der Waals surface area contributed by atoms with Crippen molar-refractivity contribution < 1.29 is 0 Å². The van der Waals surface area contributed by atoms with Crippen LogP contribution in [-0.4, -0.2) is 61.2 Å². The monoisotopic (exact) mass is 250 g/mol. The van der Waals surface area contributed by atoms with Gasteiger partial charge in [0.25, 0.3) is 0 Å². The third kappa shape index (κ3) is 2.69. The van der Waals surface area contributed by atoms with E-state index in [0.717, 1.165) is 45.7 Å². The molecule has 2 aliphatic heterocycles. The summed E-state index contributed by atoms with van der Waals surface area (Å²) in [5, 5.41) is 13.2. The number of nitrogens with zero attached hydrogens (tertiary/aromatic N) is 3. The third-order valence-corrected chi connectivity index (χ3v) is 4.75. The van der Waals surface area contributed by atoms with Crippen LogP contribution >= 0.6 is 0 Å². The molecule has 4 nitrogen and oxygen atoms in total. The van der Waals surface area contributed by atoms with Crippen LogP contribution in [0.3, 0.4) is 0 Å². The van der Waals surface area contributed by atoms with E-state index in [1.807, 2.05) is 0 Å². The number of piperidine rings is 1. The van der Waals surface area contributed by atoms with Crippen molar-refractivity contribution in [3.8, 4) is 6.07 Å². The van der Waals surface area contributed by atoms with Crippen LogP contribution in [0.2, 0.25) is 0 Å². The van der Waals surface area contributed by atoms with E-state index in [-0.39, 0.29) is 5.54 Å². The van der Waals surface area contributed by atoms with E-state index in [9.17, 15) is 5.26 Å². The summed E-state index contributed by atoms with van der Waals surface area (Å²) in [5.74, 6) is 0.535. The lowest BCUT2D eigenvalue weighted by molar-refractivity contribution is 0.169. The van der Waals surface area contributed by atoms with Gasteiger partial charge < -0.3 is 9.80 Å². The van der Waals surface area contributed by atoms with Crippen LogP contribution in [0.1, 0.15) is 26.7 Å². The average Bonchev–Trinajstić information content (AvgIpc) is 2.82. The largest absolute Gasteiger partial charge is 0.303 e. The highest BCUT2D eigenvalue weighted by atomic mass is 15.2. The molecule has 3 unspecified atom stereocenters. The highest BCUT2D eigenvalue weighted by Gasteiger charge is 2.46. The van der Waals surface area contributed by atoms with E-state index in [1.165, 1.54) is 13.0 Å². The first-order valence-corrected chi connectivity index (χ1v) is 7.35. The van der Waals surface area contributed by atoms with Crippen LogP contribution in [0.25, 0.3) is 0 Å². The molecule has 0 aromatic heterocycles. The smallest absolute Gasteiger partial charge is 0.112 e. The van der Waals surface area contributed by atoms with E-state index >= 15 is 0 Å². The molecule has 3 atom stereocenters. The number of hydrogen-bond acceptors (Lipinski definition) is 4. The van der Waals surface area contributed by atoms with Crippen LogP contribution in [-0.2, 0) is 0 Å². The van der Waals surface area contributed by atoms with Gasteiger partial charge in [-0.25, -0.2) is 0 Å². The standard InChI is InChI=1S/C14H26N4/c1-3-17(4-2)10-7-16-14(12-15)6-9-18-8-5-13(14)11-18/h13,16H,3-11H2,1-2H3. The summed E-state index contributed by atoms with van der Waals surface area (Å²) in [6.45, 7) is 11.9. The van der Waals surface area contributed by atoms with Gasteiger partial charge in [-0.1, -0.05) is 13.8 Å². The SMILES string of the molecule is CCN(CC)CCNC1(C#N)CCN2CCC1C2. The van der Waals surface area contributed by atoms with Crippen LogP contribution in [0.5, 0.6) is 0 Å². The van der Waals surface area contributed by atoms with Crippen molar-refractivity contribution in [2.45, 2.75) is 32.2 Å².